The van der Waals surface area contributed by atoms with Crippen molar-refractivity contribution in [3.05, 3.63) is 17.0 Å². The lowest BCUT2D eigenvalue weighted by atomic mass is 9.79. The summed E-state index contributed by atoms with van der Waals surface area (Å²) in [6, 6.07) is 0. The van der Waals surface area contributed by atoms with Gasteiger partial charge in [0, 0.05) is 31.1 Å². The minimum atomic E-state index is -0.127. The zero-order valence-electron chi connectivity index (χ0n) is 14.8. The Kier molecular flexibility index (Phi) is 3.86. The van der Waals surface area contributed by atoms with Crippen molar-refractivity contribution in [1.82, 2.24) is 15.1 Å². The molecule has 2 aliphatic heterocycles. The van der Waals surface area contributed by atoms with Crippen LogP contribution in [0.1, 0.15) is 53.8 Å². The summed E-state index contributed by atoms with van der Waals surface area (Å²) in [4.78, 5) is 14.7. The number of aromatic nitrogens is 2. The zero-order chi connectivity index (χ0) is 16.9. The molecule has 0 aromatic carbocycles. The van der Waals surface area contributed by atoms with Crippen molar-refractivity contribution in [2.45, 2.75) is 50.5 Å². The van der Waals surface area contributed by atoms with E-state index in [1.807, 2.05) is 4.90 Å². The van der Waals surface area contributed by atoms with E-state index in [-0.39, 0.29) is 11.5 Å². The van der Waals surface area contributed by atoms with Gasteiger partial charge in [0.15, 0.2) is 5.69 Å². The Morgan fingerprint density at radius 2 is 2.20 bits per heavy atom. The third kappa shape index (κ3) is 2.79. The summed E-state index contributed by atoms with van der Waals surface area (Å²) >= 11 is 0. The molecule has 1 aromatic rings. The molecule has 2 saturated heterocycles. The number of carbonyl (C=O) groups is 1. The molecule has 136 valence electrons. The molecular weight excluding hydrogens is 318 g/mol. The van der Waals surface area contributed by atoms with E-state index in [9.17, 15) is 4.79 Å². The Balaban J connectivity index is 1.17. The van der Waals surface area contributed by atoms with Gasteiger partial charge in [-0.3, -0.25) is 9.89 Å². The predicted octanol–water partition coefficient (Wildman–Crippen LogP) is 1.95. The average Bonchev–Trinajstić information content (AvgIpc) is 2.98. The third-order valence-corrected chi connectivity index (χ3v) is 6.47. The van der Waals surface area contributed by atoms with E-state index >= 15 is 0 Å². The molecule has 1 amide bonds. The number of likely N-dealkylation sites (tertiary alicyclic amines) is 1. The van der Waals surface area contributed by atoms with Gasteiger partial charge in [0.1, 0.15) is 5.60 Å². The maximum atomic E-state index is 12.8. The van der Waals surface area contributed by atoms with E-state index in [0.717, 1.165) is 69.1 Å². The van der Waals surface area contributed by atoms with Crippen molar-refractivity contribution in [2.24, 2.45) is 11.8 Å². The van der Waals surface area contributed by atoms with Gasteiger partial charge in [0.05, 0.1) is 13.1 Å². The fraction of sp³-hybridized carbons (Fsp3) is 0.789. The third-order valence-electron chi connectivity index (χ3n) is 6.47. The van der Waals surface area contributed by atoms with Gasteiger partial charge in [-0.05, 0) is 56.8 Å². The van der Waals surface area contributed by atoms with Gasteiger partial charge in [-0.2, -0.15) is 5.10 Å². The second kappa shape index (κ2) is 6.09. The molecule has 1 unspecified atom stereocenters. The Bertz CT molecular complexity index is 661. The molecule has 3 heterocycles. The predicted molar refractivity (Wildman–Crippen MR) is 91.5 cm³/mol. The molecule has 3 fully saturated rings. The van der Waals surface area contributed by atoms with Crippen LogP contribution in [0, 0.1) is 11.8 Å². The number of hydrogen-bond donors (Lipinski definition) is 1. The van der Waals surface area contributed by atoms with Crippen molar-refractivity contribution in [1.29, 1.82) is 0 Å². The molecule has 1 spiro atoms. The van der Waals surface area contributed by atoms with Crippen LogP contribution >= 0.6 is 0 Å². The van der Waals surface area contributed by atoms with Crippen molar-refractivity contribution in [3.8, 4) is 0 Å². The Hall–Kier alpha value is -1.40. The van der Waals surface area contributed by atoms with Crippen molar-refractivity contribution in [2.75, 3.05) is 32.9 Å². The minimum Gasteiger partial charge on any atom is -0.381 e. The molecule has 5 rings (SSSR count). The summed E-state index contributed by atoms with van der Waals surface area (Å²) < 4.78 is 11.9. The van der Waals surface area contributed by atoms with Crippen LogP contribution in [0.3, 0.4) is 0 Å². The number of nitrogens with zero attached hydrogens (tertiary/aromatic N) is 2. The second-order valence-electron chi connectivity index (χ2n) is 8.25. The summed E-state index contributed by atoms with van der Waals surface area (Å²) in [6.45, 7) is 3.98. The summed E-state index contributed by atoms with van der Waals surface area (Å²) in [5, 5.41) is 7.32. The summed E-state index contributed by atoms with van der Waals surface area (Å²) in [5.41, 5.74) is 2.81. The van der Waals surface area contributed by atoms with E-state index in [1.165, 1.54) is 12.8 Å². The van der Waals surface area contributed by atoms with Gasteiger partial charge in [-0.25, -0.2) is 0 Å². The Morgan fingerprint density at radius 3 is 3.04 bits per heavy atom. The smallest absolute Gasteiger partial charge is 0.274 e. The standard InChI is InChI=1S/C19H27N3O3/c23-18(17-15-2-1-3-16(15)20-21-17)22-11-19(12-22)14(7-9-25-19)6-8-24-10-13-4-5-13/h13-14H,1-12H2,(H,20,21). The average molecular weight is 345 g/mol. The fourth-order valence-electron chi connectivity index (χ4n) is 4.69. The zero-order valence-corrected chi connectivity index (χ0v) is 14.8. The van der Waals surface area contributed by atoms with E-state index in [4.69, 9.17) is 9.47 Å². The van der Waals surface area contributed by atoms with Crippen LogP contribution in [-0.2, 0) is 22.3 Å². The molecule has 6 heteroatoms. The monoisotopic (exact) mass is 345 g/mol. The lowest BCUT2D eigenvalue weighted by Crippen LogP contribution is -2.66. The number of carbonyl (C=O) groups excluding carboxylic acids is 1. The van der Waals surface area contributed by atoms with Crippen molar-refractivity contribution < 1.29 is 14.3 Å². The molecule has 1 aromatic heterocycles. The van der Waals surface area contributed by atoms with E-state index < -0.39 is 0 Å². The summed E-state index contributed by atoms with van der Waals surface area (Å²) in [6.07, 6.45) is 7.93. The van der Waals surface area contributed by atoms with Crippen molar-refractivity contribution in [3.63, 3.8) is 0 Å². The number of hydrogen-bond acceptors (Lipinski definition) is 4. The van der Waals surface area contributed by atoms with Crippen LogP contribution in [0.15, 0.2) is 0 Å². The molecule has 1 atom stereocenters. The van der Waals surface area contributed by atoms with Crippen LogP contribution in [0.25, 0.3) is 0 Å². The molecule has 6 nitrogen and oxygen atoms in total. The van der Waals surface area contributed by atoms with E-state index in [1.54, 1.807) is 0 Å². The highest BCUT2D eigenvalue weighted by atomic mass is 16.5. The van der Waals surface area contributed by atoms with Crippen LogP contribution in [0.4, 0.5) is 0 Å². The maximum absolute atomic E-state index is 12.8. The number of amides is 1. The minimum absolute atomic E-state index is 0.0734. The number of fused-ring (bicyclic) bond motifs is 1. The quantitative estimate of drug-likeness (QED) is 0.800. The van der Waals surface area contributed by atoms with Gasteiger partial charge >= 0.3 is 0 Å². The van der Waals surface area contributed by atoms with Gasteiger partial charge < -0.3 is 14.4 Å². The first-order valence-corrected chi connectivity index (χ1v) is 9.82. The van der Waals surface area contributed by atoms with Crippen molar-refractivity contribution >= 4 is 5.91 Å². The second-order valence-corrected chi connectivity index (χ2v) is 8.25. The van der Waals surface area contributed by atoms with E-state index in [0.29, 0.717) is 24.7 Å². The molecule has 0 radical (unpaired) electrons. The molecule has 4 aliphatic rings. The lowest BCUT2D eigenvalue weighted by Gasteiger charge is -2.50. The highest BCUT2D eigenvalue weighted by molar-refractivity contribution is 5.95. The number of aromatic amines is 1. The summed E-state index contributed by atoms with van der Waals surface area (Å²) in [5.74, 6) is 1.41. The van der Waals surface area contributed by atoms with Crippen LogP contribution in [-0.4, -0.2) is 59.5 Å². The summed E-state index contributed by atoms with van der Waals surface area (Å²) in [7, 11) is 0. The number of nitrogens with one attached hydrogen (secondary N) is 1. The fourth-order valence-corrected chi connectivity index (χ4v) is 4.69. The Morgan fingerprint density at radius 1 is 1.32 bits per heavy atom. The molecule has 1 saturated carbocycles. The van der Waals surface area contributed by atoms with Crippen LogP contribution < -0.4 is 0 Å². The van der Waals surface area contributed by atoms with Gasteiger partial charge in [0.2, 0.25) is 0 Å². The number of ether oxygens (including phenoxy) is 2. The largest absolute Gasteiger partial charge is 0.381 e. The van der Waals surface area contributed by atoms with Gasteiger partial charge in [-0.1, -0.05) is 0 Å². The van der Waals surface area contributed by atoms with Gasteiger partial charge in [0.25, 0.3) is 5.91 Å². The highest BCUT2D eigenvalue weighted by Crippen LogP contribution is 2.42. The van der Waals surface area contributed by atoms with Crippen LogP contribution in [0.2, 0.25) is 0 Å². The molecule has 25 heavy (non-hydrogen) atoms. The number of H-pyrrole nitrogens is 1. The lowest BCUT2D eigenvalue weighted by molar-refractivity contribution is -0.120. The number of aryl methyl sites for hydroxylation is 1. The van der Waals surface area contributed by atoms with E-state index in [2.05, 4.69) is 10.2 Å². The highest BCUT2D eigenvalue weighted by Gasteiger charge is 2.54. The molecular formula is C19H27N3O3. The topological polar surface area (TPSA) is 67.5 Å². The Labute approximate surface area is 148 Å². The SMILES string of the molecule is O=C(c1n[nH]c2c1CCC2)N1CC2(C1)OCCC2CCOCC1CC1. The maximum Gasteiger partial charge on any atom is 0.274 e. The normalized spacial score (nSPS) is 26.9. The van der Waals surface area contributed by atoms with Gasteiger partial charge in [-0.15, -0.1) is 0 Å². The number of rotatable bonds is 6. The first-order valence-electron chi connectivity index (χ1n) is 9.82. The molecule has 2 aliphatic carbocycles. The first kappa shape index (κ1) is 15.8. The molecule has 1 N–H and O–H groups in total. The first-order chi connectivity index (χ1) is 12.3. The molecule has 0 bridgehead atoms. The van der Waals surface area contributed by atoms with Crippen LogP contribution in [0.5, 0.6) is 0 Å².